The number of guanidine groups is 1. The van der Waals surface area contributed by atoms with Gasteiger partial charge < -0.3 is 10.6 Å². The Bertz CT molecular complexity index is 915. The molecular formula is C21H28FN3O2S. The van der Waals surface area contributed by atoms with Crippen LogP contribution in [0.4, 0.5) is 4.39 Å². The first-order chi connectivity index (χ1) is 13.3. The lowest BCUT2D eigenvalue weighted by molar-refractivity contribution is 0.564. The van der Waals surface area contributed by atoms with Crippen molar-refractivity contribution in [3.8, 4) is 0 Å². The van der Waals surface area contributed by atoms with Gasteiger partial charge in [0.25, 0.3) is 0 Å². The van der Waals surface area contributed by atoms with Gasteiger partial charge in [-0.2, -0.15) is 0 Å². The molecule has 5 nitrogen and oxygen atoms in total. The summed E-state index contributed by atoms with van der Waals surface area (Å²) in [6, 6.07) is 13.0. The van der Waals surface area contributed by atoms with Crippen molar-refractivity contribution in [1.82, 2.24) is 10.6 Å². The van der Waals surface area contributed by atoms with Crippen molar-refractivity contribution in [3.63, 3.8) is 0 Å². The van der Waals surface area contributed by atoms with E-state index >= 15 is 0 Å². The Morgan fingerprint density at radius 2 is 1.82 bits per heavy atom. The van der Waals surface area contributed by atoms with Gasteiger partial charge in [0.15, 0.2) is 15.8 Å². The Hall–Kier alpha value is -2.41. The molecule has 0 radical (unpaired) electrons. The molecule has 0 aliphatic rings. The molecule has 0 heterocycles. The summed E-state index contributed by atoms with van der Waals surface area (Å²) >= 11 is 0. The molecule has 0 saturated carbocycles. The molecule has 0 aliphatic carbocycles. The van der Waals surface area contributed by atoms with Gasteiger partial charge in [0, 0.05) is 13.1 Å². The third-order valence-electron chi connectivity index (χ3n) is 4.63. The molecule has 0 bridgehead atoms. The molecule has 7 heteroatoms. The fraction of sp³-hybridized carbons (Fsp3) is 0.381. The highest BCUT2D eigenvalue weighted by Gasteiger charge is 2.21. The molecule has 0 saturated heterocycles. The summed E-state index contributed by atoms with van der Waals surface area (Å²) in [6.45, 7) is 5.54. The van der Waals surface area contributed by atoms with Crippen LogP contribution in [-0.2, 0) is 9.84 Å². The fourth-order valence-corrected chi connectivity index (χ4v) is 4.39. The Kier molecular flexibility index (Phi) is 7.57. The standard InChI is InChI=1S/C21H28FN3O2S/c1-5-18(14-28(26,27)19-9-7-6-8-10-19)25-21(23-4)24-16(3)17-12-11-15(2)20(22)13-17/h6-13,16,18H,5,14H2,1-4H3,(H2,23,24,25). The molecule has 0 amide bonds. The van der Waals surface area contributed by atoms with Gasteiger partial charge in [0.1, 0.15) is 5.82 Å². The van der Waals surface area contributed by atoms with Crippen LogP contribution in [0.15, 0.2) is 58.4 Å². The van der Waals surface area contributed by atoms with Crippen LogP contribution >= 0.6 is 0 Å². The van der Waals surface area contributed by atoms with Crippen molar-refractivity contribution in [2.24, 2.45) is 4.99 Å². The predicted octanol–water partition coefficient (Wildman–Crippen LogP) is 3.61. The summed E-state index contributed by atoms with van der Waals surface area (Å²) in [4.78, 5) is 4.50. The van der Waals surface area contributed by atoms with Gasteiger partial charge in [0.2, 0.25) is 0 Å². The lowest BCUT2D eigenvalue weighted by Crippen LogP contribution is -2.46. The first kappa shape index (κ1) is 21.9. The minimum Gasteiger partial charge on any atom is -0.353 e. The van der Waals surface area contributed by atoms with Gasteiger partial charge in [-0.3, -0.25) is 4.99 Å². The zero-order valence-electron chi connectivity index (χ0n) is 16.7. The quantitative estimate of drug-likeness (QED) is 0.545. The highest BCUT2D eigenvalue weighted by atomic mass is 32.2. The largest absolute Gasteiger partial charge is 0.353 e. The Labute approximate surface area is 167 Å². The first-order valence-electron chi connectivity index (χ1n) is 9.30. The van der Waals surface area contributed by atoms with Crippen molar-refractivity contribution in [2.45, 2.75) is 44.2 Å². The second-order valence-electron chi connectivity index (χ2n) is 6.79. The molecule has 0 spiro atoms. The average Bonchev–Trinajstić information content (AvgIpc) is 2.69. The van der Waals surface area contributed by atoms with E-state index in [1.54, 1.807) is 50.4 Å². The van der Waals surface area contributed by atoms with E-state index in [1.165, 1.54) is 6.07 Å². The van der Waals surface area contributed by atoms with Crippen LogP contribution in [0.5, 0.6) is 0 Å². The number of halogens is 1. The maximum Gasteiger partial charge on any atom is 0.191 e. The van der Waals surface area contributed by atoms with Crippen molar-refractivity contribution in [2.75, 3.05) is 12.8 Å². The van der Waals surface area contributed by atoms with Crippen LogP contribution in [0, 0.1) is 12.7 Å². The molecule has 2 rings (SSSR count). The van der Waals surface area contributed by atoms with Gasteiger partial charge in [-0.25, -0.2) is 12.8 Å². The molecule has 2 N–H and O–H groups in total. The molecule has 0 aromatic heterocycles. The average molecular weight is 406 g/mol. The highest BCUT2D eigenvalue weighted by Crippen LogP contribution is 2.16. The third kappa shape index (κ3) is 5.79. The third-order valence-corrected chi connectivity index (χ3v) is 6.46. The van der Waals surface area contributed by atoms with E-state index in [9.17, 15) is 12.8 Å². The molecule has 0 aliphatic heterocycles. The summed E-state index contributed by atoms with van der Waals surface area (Å²) in [5, 5.41) is 6.37. The van der Waals surface area contributed by atoms with Crippen LogP contribution < -0.4 is 10.6 Å². The van der Waals surface area contributed by atoms with E-state index in [2.05, 4.69) is 15.6 Å². The van der Waals surface area contributed by atoms with Crippen LogP contribution in [0.2, 0.25) is 0 Å². The second kappa shape index (κ2) is 9.68. The molecule has 152 valence electrons. The smallest absolute Gasteiger partial charge is 0.191 e. The maximum absolute atomic E-state index is 13.8. The number of nitrogens with one attached hydrogen (secondary N) is 2. The summed E-state index contributed by atoms with van der Waals surface area (Å²) < 4.78 is 39.1. The molecule has 0 fully saturated rings. The summed E-state index contributed by atoms with van der Waals surface area (Å²) in [5.41, 5.74) is 1.38. The topological polar surface area (TPSA) is 70.6 Å². The Morgan fingerprint density at radius 1 is 1.14 bits per heavy atom. The number of nitrogens with zero attached hydrogens (tertiary/aromatic N) is 1. The van der Waals surface area contributed by atoms with E-state index in [4.69, 9.17) is 0 Å². The Balaban J connectivity index is 2.06. The number of aliphatic imine (C=N–C) groups is 1. The van der Waals surface area contributed by atoms with Crippen LogP contribution in [-0.4, -0.2) is 33.2 Å². The minimum absolute atomic E-state index is 0.0399. The lowest BCUT2D eigenvalue weighted by atomic mass is 10.1. The number of rotatable bonds is 7. The molecule has 2 unspecified atom stereocenters. The van der Waals surface area contributed by atoms with E-state index in [0.717, 1.165) is 5.56 Å². The van der Waals surface area contributed by atoms with Crippen LogP contribution in [0.3, 0.4) is 0 Å². The number of benzene rings is 2. The van der Waals surface area contributed by atoms with E-state index < -0.39 is 9.84 Å². The van der Waals surface area contributed by atoms with Crippen LogP contribution in [0.1, 0.15) is 37.4 Å². The SMILES string of the molecule is CCC(CS(=O)(=O)c1ccccc1)NC(=NC)NC(C)c1ccc(C)c(F)c1. The molecule has 2 atom stereocenters. The van der Waals surface area contributed by atoms with Gasteiger partial charge in [0.05, 0.1) is 16.7 Å². The number of aryl methyl sites for hydroxylation is 1. The normalized spacial score (nSPS) is 14.4. The van der Waals surface area contributed by atoms with Crippen molar-refractivity contribution in [3.05, 3.63) is 65.5 Å². The number of hydrogen-bond donors (Lipinski definition) is 2. The van der Waals surface area contributed by atoms with Gasteiger partial charge in [-0.15, -0.1) is 0 Å². The monoisotopic (exact) mass is 405 g/mol. The number of hydrogen-bond acceptors (Lipinski definition) is 3. The maximum atomic E-state index is 13.8. The predicted molar refractivity (Wildman–Crippen MR) is 112 cm³/mol. The van der Waals surface area contributed by atoms with E-state index in [1.807, 2.05) is 19.9 Å². The van der Waals surface area contributed by atoms with Crippen LogP contribution in [0.25, 0.3) is 0 Å². The summed E-state index contributed by atoms with van der Waals surface area (Å²) in [6.07, 6.45) is 0.611. The molecule has 2 aromatic carbocycles. The van der Waals surface area contributed by atoms with E-state index in [-0.39, 0.29) is 23.7 Å². The zero-order valence-corrected chi connectivity index (χ0v) is 17.6. The fourth-order valence-electron chi connectivity index (χ4n) is 2.78. The summed E-state index contributed by atoms with van der Waals surface area (Å²) in [7, 11) is -1.79. The second-order valence-corrected chi connectivity index (χ2v) is 8.83. The van der Waals surface area contributed by atoms with Crippen molar-refractivity contribution < 1.29 is 12.8 Å². The first-order valence-corrected chi connectivity index (χ1v) is 11.0. The highest BCUT2D eigenvalue weighted by molar-refractivity contribution is 7.91. The minimum atomic E-state index is -3.41. The van der Waals surface area contributed by atoms with Gasteiger partial charge in [-0.1, -0.05) is 37.3 Å². The van der Waals surface area contributed by atoms with Gasteiger partial charge >= 0.3 is 0 Å². The summed E-state index contributed by atoms with van der Waals surface area (Å²) in [5.74, 6) is 0.181. The van der Waals surface area contributed by atoms with Gasteiger partial charge in [-0.05, 0) is 49.6 Å². The molecular weight excluding hydrogens is 377 g/mol. The van der Waals surface area contributed by atoms with Crippen molar-refractivity contribution >= 4 is 15.8 Å². The number of sulfone groups is 1. The van der Waals surface area contributed by atoms with Crippen molar-refractivity contribution in [1.29, 1.82) is 0 Å². The van der Waals surface area contributed by atoms with E-state index in [0.29, 0.717) is 22.8 Å². The zero-order chi connectivity index (χ0) is 20.7. The Morgan fingerprint density at radius 3 is 2.39 bits per heavy atom. The molecule has 2 aromatic rings. The lowest BCUT2D eigenvalue weighted by Gasteiger charge is -2.23. The molecule has 28 heavy (non-hydrogen) atoms.